The van der Waals surface area contributed by atoms with Gasteiger partial charge in [0.05, 0.1) is 12.2 Å². The number of hydrogen-bond donors (Lipinski definition) is 2. The Kier molecular flexibility index (Phi) is 3.00. The summed E-state index contributed by atoms with van der Waals surface area (Å²) < 4.78 is 6.17. The molecule has 0 aliphatic heterocycles. The Bertz CT molecular complexity index is 558. The highest BCUT2D eigenvalue weighted by molar-refractivity contribution is 7.10. The lowest BCUT2D eigenvalue weighted by Crippen LogP contribution is -2.13. The highest BCUT2D eigenvalue weighted by Gasteiger charge is 2.19. The van der Waals surface area contributed by atoms with Crippen LogP contribution in [0.2, 0.25) is 0 Å². The lowest BCUT2D eigenvalue weighted by molar-refractivity contribution is 0.620. The molecule has 3 N–H and O–H groups in total. The molecule has 18 heavy (non-hydrogen) atoms. The summed E-state index contributed by atoms with van der Waals surface area (Å²) in [6, 6.07) is 0. The zero-order valence-electron chi connectivity index (χ0n) is 10.3. The van der Waals surface area contributed by atoms with Crippen molar-refractivity contribution in [1.29, 1.82) is 0 Å². The summed E-state index contributed by atoms with van der Waals surface area (Å²) in [6.45, 7) is 2.75. The van der Waals surface area contributed by atoms with Gasteiger partial charge in [-0.05, 0) is 32.6 Å². The number of nitrogens with one attached hydrogen (secondary N) is 1. The van der Waals surface area contributed by atoms with Crippen molar-refractivity contribution in [3.05, 3.63) is 22.9 Å². The van der Waals surface area contributed by atoms with Gasteiger partial charge in [0.2, 0.25) is 0 Å². The fourth-order valence-corrected chi connectivity index (χ4v) is 3.00. The molecule has 0 atom stereocenters. The van der Waals surface area contributed by atoms with E-state index >= 15 is 0 Å². The first-order valence-electron chi connectivity index (χ1n) is 6.12. The van der Waals surface area contributed by atoms with Gasteiger partial charge in [-0.3, -0.25) is 0 Å². The van der Waals surface area contributed by atoms with Crippen LogP contribution in [0.15, 0.2) is 0 Å². The summed E-state index contributed by atoms with van der Waals surface area (Å²) in [5, 5.41) is 4.96. The van der Waals surface area contributed by atoms with Gasteiger partial charge in [0.15, 0.2) is 0 Å². The predicted molar refractivity (Wildman–Crippen MR) is 70.4 cm³/mol. The van der Waals surface area contributed by atoms with Gasteiger partial charge < -0.3 is 9.99 Å². The Morgan fingerprint density at radius 1 is 1.39 bits per heavy atom. The lowest BCUT2D eigenvalue weighted by atomic mass is 10.0. The Morgan fingerprint density at radius 3 is 3.06 bits per heavy atom. The van der Waals surface area contributed by atoms with Gasteiger partial charge in [-0.2, -0.15) is 0 Å². The standard InChI is InChI=1S/C11H16N6S/c1-7-13-8-4-2-3-5-10(8)17(7)6-9-11(14-12)18-16-15-9/h14H,2-6,12H2,1H3. The Morgan fingerprint density at radius 2 is 2.22 bits per heavy atom. The summed E-state index contributed by atoms with van der Waals surface area (Å²) >= 11 is 1.28. The van der Waals surface area contributed by atoms with Crippen molar-refractivity contribution < 1.29 is 0 Å². The number of nitrogens with zero attached hydrogens (tertiary/aromatic N) is 4. The molecule has 2 heterocycles. The molecule has 0 radical (unpaired) electrons. The number of imidazole rings is 1. The van der Waals surface area contributed by atoms with E-state index in [0.29, 0.717) is 6.54 Å². The third-order valence-corrected chi connectivity index (χ3v) is 4.12. The largest absolute Gasteiger partial charge is 0.326 e. The highest BCUT2D eigenvalue weighted by atomic mass is 32.1. The van der Waals surface area contributed by atoms with E-state index in [0.717, 1.165) is 29.4 Å². The molecule has 6 nitrogen and oxygen atoms in total. The zero-order chi connectivity index (χ0) is 12.5. The number of aryl methyl sites for hydroxylation is 2. The molecule has 0 bridgehead atoms. The second kappa shape index (κ2) is 4.66. The quantitative estimate of drug-likeness (QED) is 0.644. The molecule has 0 saturated carbocycles. The van der Waals surface area contributed by atoms with Crippen LogP contribution < -0.4 is 11.3 Å². The number of hydrogen-bond acceptors (Lipinski definition) is 6. The second-order valence-corrected chi connectivity index (χ2v) is 5.29. The average Bonchev–Trinajstić information content (AvgIpc) is 2.95. The van der Waals surface area contributed by atoms with Gasteiger partial charge >= 0.3 is 0 Å². The topological polar surface area (TPSA) is 81.7 Å². The van der Waals surface area contributed by atoms with Crippen LogP contribution in [-0.4, -0.2) is 19.1 Å². The number of nitrogen functional groups attached to an aromatic ring is 1. The highest BCUT2D eigenvalue weighted by Crippen LogP contribution is 2.24. The van der Waals surface area contributed by atoms with Crippen molar-refractivity contribution >= 4 is 16.5 Å². The summed E-state index contributed by atoms with van der Waals surface area (Å²) in [7, 11) is 0. The molecular formula is C11H16N6S. The van der Waals surface area contributed by atoms with E-state index in [-0.39, 0.29) is 0 Å². The maximum atomic E-state index is 5.46. The van der Waals surface area contributed by atoms with Crippen LogP contribution in [0.25, 0.3) is 0 Å². The summed E-state index contributed by atoms with van der Waals surface area (Å²) in [6.07, 6.45) is 4.70. The summed E-state index contributed by atoms with van der Waals surface area (Å²) in [4.78, 5) is 4.65. The molecule has 96 valence electrons. The van der Waals surface area contributed by atoms with Crippen LogP contribution in [-0.2, 0) is 19.4 Å². The van der Waals surface area contributed by atoms with Crippen molar-refractivity contribution in [3.63, 3.8) is 0 Å². The number of rotatable bonds is 3. The van der Waals surface area contributed by atoms with Gasteiger partial charge in [-0.1, -0.05) is 4.49 Å². The van der Waals surface area contributed by atoms with E-state index in [2.05, 4.69) is 24.6 Å². The van der Waals surface area contributed by atoms with Crippen molar-refractivity contribution in [2.75, 3.05) is 5.43 Å². The number of anilines is 1. The normalized spacial score (nSPS) is 14.6. The monoisotopic (exact) mass is 264 g/mol. The fourth-order valence-electron chi connectivity index (χ4n) is 2.52. The molecule has 3 rings (SSSR count). The number of aromatic nitrogens is 4. The van der Waals surface area contributed by atoms with E-state index in [1.54, 1.807) is 0 Å². The minimum atomic E-state index is 0.699. The number of nitrogens with two attached hydrogens (primary N) is 1. The van der Waals surface area contributed by atoms with Gasteiger partial charge in [0.25, 0.3) is 0 Å². The van der Waals surface area contributed by atoms with Crippen LogP contribution in [0.1, 0.15) is 35.7 Å². The second-order valence-electron chi connectivity index (χ2n) is 4.54. The van der Waals surface area contributed by atoms with Crippen molar-refractivity contribution in [3.8, 4) is 0 Å². The molecule has 7 heteroatoms. The molecule has 0 unspecified atom stereocenters. The number of hydrazine groups is 1. The third-order valence-electron chi connectivity index (χ3n) is 3.42. The first-order valence-corrected chi connectivity index (χ1v) is 6.89. The minimum Gasteiger partial charge on any atom is -0.326 e. The van der Waals surface area contributed by atoms with E-state index in [9.17, 15) is 0 Å². The van der Waals surface area contributed by atoms with Gasteiger partial charge in [0.1, 0.15) is 16.5 Å². The average molecular weight is 264 g/mol. The molecule has 0 saturated heterocycles. The maximum absolute atomic E-state index is 5.46. The van der Waals surface area contributed by atoms with Crippen LogP contribution >= 0.6 is 11.5 Å². The molecule has 0 spiro atoms. The van der Waals surface area contributed by atoms with Gasteiger partial charge in [-0.25, -0.2) is 10.8 Å². The fraction of sp³-hybridized carbons (Fsp3) is 0.545. The predicted octanol–water partition coefficient (Wildman–Crippen LogP) is 1.26. The molecule has 1 aliphatic rings. The third kappa shape index (κ3) is 1.89. The van der Waals surface area contributed by atoms with Crippen LogP contribution in [0.4, 0.5) is 5.00 Å². The van der Waals surface area contributed by atoms with Crippen LogP contribution in [0.3, 0.4) is 0 Å². The lowest BCUT2D eigenvalue weighted by Gasteiger charge is -2.14. The number of fused-ring (bicyclic) bond motifs is 1. The van der Waals surface area contributed by atoms with E-state index in [4.69, 9.17) is 5.84 Å². The SMILES string of the molecule is Cc1nc2c(n1Cc1nnsc1NN)CCCC2. The maximum Gasteiger partial charge on any atom is 0.149 e. The molecular weight excluding hydrogens is 248 g/mol. The smallest absolute Gasteiger partial charge is 0.149 e. The van der Waals surface area contributed by atoms with E-state index in [1.807, 2.05) is 6.92 Å². The first kappa shape index (κ1) is 11.6. The van der Waals surface area contributed by atoms with Crippen LogP contribution in [0, 0.1) is 6.92 Å². The van der Waals surface area contributed by atoms with E-state index in [1.165, 1.54) is 35.8 Å². The Balaban J connectivity index is 1.95. The van der Waals surface area contributed by atoms with Gasteiger partial charge in [0, 0.05) is 17.2 Å². The molecule has 0 aromatic carbocycles. The van der Waals surface area contributed by atoms with Crippen molar-refractivity contribution in [2.24, 2.45) is 5.84 Å². The van der Waals surface area contributed by atoms with Crippen LogP contribution in [0.5, 0.6) is 0 Å². The molecule has 1 aliphatic carbocycles. The summed E-state index contributed by atoms with van der Waals surface area (Å²) in [5.74, 6) is 6.51. The molecule has 0 amide bonds. The molecule has 0 fully saturated rings. The first-order chi connectivity index (χ1) is 8.79. The molecule has 2 aromatic rings. The Labute approximate surface area is 109 Å². The zero-order valence-corrected chi connectivity index (χ0v) is 11.1. The van der Waals surface area contributed by atoms with E-state index < -0.39 is 0 Å². The minimum absolute atomic E-state index is 0.699. The summed E-state index contributed by atoms with van der Waals surface area (Å²) in [5.41, 5.74) is 6.14. The van der Waals surface area contributed by atoms with Gasteiger partial charge in [-0.15, -0.1) is 5.10 Å². The van der Waals surface area contributed by atoms with Crippen molar-refractivity contribution in [2.45, 2.75) is 39.2 Å². The molecule has 2 aromatic heterocycles. The van der Waals surface area contributed by atoms with Crippen molar-refractivity contribution in [1.82, 2.24) is 19.1 Å². The Hall–Kier alpha value is -1.47.